The highest BCUT2D eigenvalue weighted by Crippen LogP contribution is 2.21. The van der Waals surface area contributed by atoms with E-state index in [0.29, 0.717) is 0 Å². The number of benzene rings is 1. The Labute approximate surface area is 132 Å². The largest absolute Gasteiger partial charge is 0.347 e. The molecule has 1 heterocycles. The Morgan fingerprint density at radius 1 is 1.23 bits per heavy atom. The molecule has 1 N–H and O–H groups in total. The van der Waals surface area contributed by atoms with Crippen molar-refractivity contribution in [2.75, 3.05) is 0 Å². The highest BCUT2D eigenvalue weighted by atomic mass is 16.1. The summed E-state index contributed by atoms with van der Waals surface area (Å²) < 4.78 is 2.27. The third-order valence-electron chi connectivity index (χ3n) is 3.98. The maximum atomic E-state index is 11.3. The molecule has 0 fully saturated rings. The van der Waals surface area contributed by atoms with Crippen molar-refractivity contribution in [3.63, 3.8) is 0 Å². The van der Waals surface area contributed by atoms with E-state index in [0.717, 1.165) is 29.8 Å². The van der Waals surface area contributed by atoms with Gasteiger partial charge in [-0.25, -0.2) is 4.98 Å². The number of hydrogen-bond donors (Lipinski definition) is 1. The van der Waals surface area contributed by atoms with Gasteiger partial charge in [-0.05, 0) is 25.5 Å². The highest BCUT2D eigenvalue weighted by Gasteiger charge is 2.16. The molecule has 0 radical (unpaired) electrons. The number of fused-ring (bicyclic) bond motifs is 1. The number of nitrogens with one attached hydrogen (secondary N) is 1. The van der Waals surface area contributed by atoms with E-state index in [1.807, 2.05) is 25.1 Å². The van der Waals surface area contributed by atoms with Crippen LogP contribution >= 0.6 is 0 Å². The third kappa shape index (κ3) is 4.09. The van der Waals surface area contributed by atoms with Crippen molar-refractivity contribution < 1.29 is 4.79 Å². The number of imidazole rings is 1. The maximum absolute atomic E-state index is 11.3. The van der Waals surface area contributed by atoms with Gasteiger partial charge in [-0.1, -0.05) is 44.7 Å². The average molecular weight is 301 g/mol. The minimum atomic E-state index is -0.0689. The van der Waals surface area contributed by atoms with Gasteiger partial charge in [-0.2, -0.15) is 0 Å². The number of aryl methyl sites for hydroxylation is 1. The quantitative estimate of drug-likeness (QED) is 0.743. The van der Waals surface area contributed by atoms with E-state index in [2.05, 4.69) is 22.9 Å². The number of carbonyl (C=O) groups is 1. The van der Waals surface area contributed by atoms with E-state index in [-0.39, 0.29) is 11.9 Å². The van der Waals surface area contributed by atoms with Crippen molar-refractivity contribution in [2.45, 2.75) is 65.5 Å². The normalized spacial score (nSPS) is 12.5. The zero-order valence-corrected chi connectivity index (χ0v) is 13.9. The van der Waals surface area contributed by atoms with E-state index < -0.39 is 0 Å². The van der Waals surface area contributed by atoms with Crippen molar-refractivity contribution in [3.8, 4) is 0 Å². The van der Waals surface area contributed by atoms with Gasteiger partial charge in [-0.15, -0.1) is 0 Å². The van der Waals surface area contributed by atoms with Gasteiger partial charge in [0.1, 0.15) is 5.82 Å². The Bertz CT molecular complexity index is 618. The molecule has 2 aromatic rings. The number of nitrogens with zero attached hydrogens (tertiary/aromatic N) is 2. The molecule has 22 heavy (non-hydrogen) atoms. The molecule has 1 aromatic heterocycles. The summed E-state index contributed by atoms with van der Waals surface area (Å²) in [6.45, 7) is 6.74. The predicted octanol–water partition coefficient (Wildman–Crippen LogP) is 4.20. The van der Waals surface area contributed by atoms with Crippen LogP contribution in [0.15, 0.2) is 24.3 Å². The molecule has 4 heteroatoms. The smallest absolute Gasteiger partial charge is 0.217 e. The van der Waals surface area contributed by atoms with Crippen LogP contribution in [0.1, 0.15) is 64.7 Å². The summed E-state index contributed by atoms with van der Waals surface area (Å²) in [5.74, 6) is 0.931. The van der Waals surface area contributed by atoms with Crippen molar-refractivity contribution in [1.82, 2.24) is 14.9 Å². The Morgan fingerprint density at radius 3 is 2.68 bits per heavy atom. The van der Waals surface area contributed by atoms with Crippen LogP contribution in [-0.4, -0.2) is 15.5 Å². The fourth-order valence-corrected chi connectivity index (χ4v) is 2.90. The zero-order chi connectivity index (χ0) is 15.9. The Kier molecular flexibility index (Phi) is 5.99. The zero-order valence-electron chi connectivity index (χ0n) is 13.9. The van der Waals surface area contributed by atoms with Crippen LogP contribution in [0.4, 0.5) is 0 Å². The number of rotatable bonds is 8. The van der Waals surface area contributed by atoms with Crippen molar-refractivity contribution in [3.05, 3.63) is 30.1 Å². The molecule has 0 bridgehead atoms. The predicted molar refractivity (Wildman–Crippen MR) is 90.7 cm³/mol. The third-order valence-corrected chi connectivity index (χ3v) is 3.98. The van der Waals surface area contributed by atoms with E-state index in [1.54, 1.807) is 6.92 Å². The molecule has 4 nitrogen and oxygen atoms in total. The van der Waals surface area contributed by atoms with E-state index in [9.17, 15) is 4.79 Å². The second kappa shape index (κ2) is 7.97. The van der Waals surface area contributed by atoms with E-state index in [4.69, 9.17) is 4.98 Å². The molecule has 0 saturated heterocycles. The first-order valence-corrected chi connectivity index (χ1v) is 8.35. The summed E-state index contributed by atoms with van der Waals surface area (Å²) in [4.78, 5) is 16.1. The van der Waals surface area contributed by atoms with Gasteiger partial charge in [0.25, 0.3) is 0 Å². The van der Waals surface area contributed by atoms with Gasteiger partial charge >= 0.3 is 0 Å². The van der Waals surface area contributed by atoms with Crippen LogP contribution in [0.3, 0.4) is 0 Å². The fraction of sp³-hybridized carbons (Fsp3) is 0.556. The van der Waals surface area contributed by atoms with Gasteiger partial charge in [0.05, 0.1) is 17.1 Å². The lowest BCUT2D eigenvalue weighted by Crippen LogP contribution is -2.26. The maximum Gasteiger partial charge on any atom is 0.217 e. The van der Waals surface area contributed by atoms with Crippen molar-refractivity contribution >= 4 is 16.9 Å². The molecule has 1 amide bonds. The first-order valence-electron chi connectivity index (χ1n) is 8.35. The van der Waals surface area contributed by atoms with Crippen LogP contribution in [0, 0.1) is 0 Å². The second-order valence-corrected chi connectivity index (χ2v) is 5.95. The summed E-state index contributed by atoms with van der Waals surface area (Å²) in [5.41, 5.74) is 2.16. The van der Waals surface area contributed by atoms with E-state index >= 15 is 0 Å². The monoisotopic (exact) mass is 301 g/mol. The first kappa shape index (κ1) is 16.5. The molecule has 1 atom stereocenters. The molecule has 1 aromatic carbocycles. The topological polar surface area (TPSA) is 46.9 Å². The number of aromatic nitrogens is 2. The summed E-state index contributed by atoms with van der Waals surface area (Å²) in [6, 6.07) is 8.13. The summed E-state index contributed by atoms with van der Waals surface area (Å²) >= 11 is 0. The lowest BCUT2D eigenvalue weighted by Gasteiger charge is -2.15. The number of unbranched alkanes of at least 4 members (excludes halogenated alkanes) is 4. The molecule has 0 saturated carbocycles. The molecule has 2 rings (SSSR count). The number of para-hydroxylation sites is 2. The van der Waals surface area contributed by atoms with Crippen LogP contribution in [0.25, 0.3) is 11.0 Å². The molecule has 0 aliphatic heterocycles. The van der Waals surface area contributed by atoms with Gasteiger partial charge in [-0.3, -0.25) is 4.79 Å². The summed E-state index contributed by atoms with van der Waals surface area (Å²) in [5, 5.41) is 2.95. The molecule has 0 aliphatic rings. The van der Waals surface area contributed by atoms with Gasteiger partial charge < -0.3 is 9.88 Å². The van der Waals surface area contributed by atoms with Crippen LogP contribution in [0.2, 0.25) is 0 Å². The lowest BCUT2D eigenvalue weighted by molar-refractivity contribution is -0.119. The first-order chi connectivity index (χ1) is 10.6. The Hall–Kier alpha value is -1.84. The van der Waals surface area contributed by atoms with Crippen LogP contribution in [0.5, 0.6) is 0 Å². The Morgan fingerprint density at radius 2 is 1.95 bits per heavy atom. The Balaban J connectivity index is 2.18. The SMILES string of the molecule is CCCCCCCn1c(C(C)NC(C)=O)nc2ccccc21. The minimum absolute atomic E-state index is 0.0194. The minimum Gasteiger partial charge on any atom is -0.347 e. The standard InChI is InChI=1S/C18H27N3O/c1-4-5-6-7-10-13-21-17-12-9-8-11-16(17)20-18(21)14(2)19-15(3)22/h8-9,11-12,14H,4-7,10,13H2,1-3H3,(H,19,22). The summed E-state index contributed by atoms with van der Waals surface area (Å²) in [7, 11) is 0. The van der Waals surface area contributed by atoms with Gasteiger partial charge in [0, 0.05) is 13.5 Å². The lowest BCUT2D eigenvalue weighted by atomic mass is 10.1. The number of carbonyl (C=O) groups excluding carboxylic acids is 1. The fourth-order valence-electron chi connectivity index (χ4n) is 2.90. The molecule has 0 aliphatic carbocycles. The molecule has 0 spiro atoms. The van der Waals surface area contributed by atoms with Gasteiger partial charge in [0.15, 0.2) is 0 Å². The molecule has 120 valence electrons. The summed E-state index contributed by atoms with van der Waals surface area (Å²) in [6.07, 6.45) is 6.26. The molecular weight excluding hydrogens is 274 g/mol. The average Bonchev–Trinajstić information content (AvgIpc) is 2.85. The van der Waals surface area contributed by atoms with Crippen molar-refractivity contribution in [1.29, 1.82) is 0 Å². The van der Waals surface area contributed by atoms with Crippen LogP contribution < -0.4 is 5.32 Å². The second-order valence-electron chi connectivity index (χ2n) is 5.95. The van der Waals surface area contributed by atoms with Crippen LogP contribution in [-0.2, 0) is 11.3 Å². The van der Waals surface area contributed by atoms with Gasteiger partial charge in [0.2, 0.25) is 5.91 Å². The molecular formula is C18H27N3O. The number of hydrogen-bond acceptors (Lipinski definition) is 2. The molecule has 1 unspecified atom stereocenters. The van der Waals surface area contributed by atoms with Crippen molar-refractivity contribution in [2.24, 2.45) is 0 Å². The highest BCUT2D eigenvalue weighted by molar-refractivity contribution is 5.77. The number of amides is 1. The van der Waals surface area contributed by atoms with E-state index in [1.165, 1.54) is 25.7 Å².